The third-order valence-electron chi connectivity index (χ3n) is 3.75. The summed E-state index contributed by atoms with van der Waals surface area (Å²) in [5, 5.41) is 19.9. The summed E-state index contributed by atoms with van der Waals surface area (Å²) >= 11 is 3.41. The Labute approximate surface area is 148 Å². The van der Waals surface area contributed by atoms with Gasteiger partial charge in [-0.05, 0) is 18.2 Å². The largest absolute Gasteiger partial charge is 0.391 e. The molecule has 0 radical (unpaired) electrons. The van der Waals surface area contributed by atoms with E-state index in [1.807, 2.05) is 24.3 Å². The van der Waals surface area contributed by atoms with Gasteiger partial charge in [-0.3, -0.25) is 4.79 Å². The van der Waals surface area contributed by atoms with Crippen LogP contribution in [0.3, 0.4) is 0 Å². The first-order valence-corrected chi connectivity index (χ1v) is 7.90. The summed E-state index contributed by atoms with van der Waals surface area (Å²) in [5.41, 5.74) is 1.38. The second-order valence-corrected chi connectivity index (χ2v) is 6.26. The molecule has 2 unspecified atom stereocenters. The quantitative estimate of drug-likeness (QED) is 0.723. The Morgan fingerprint density at radius 2 is 2.30 bits per heavy atom. The predicted molar refractivity (Wildman–Crippen MR) is 93.2 cm³/mol. The summed E-state index contributed by atoms with van der Waals surface area (Å²) in [5.74, 6) is -0.121. The molecule has 3 rings (SSSR count). The molecule has 1 aromatic heterocycles. The molecular weight excluding hydrogens is 384 g/mol. The molecule has 0 saturated carbocycles. The number of hydrogen-bond donors (Lipinski definition) is 3. The Hall–Kier alpha value is -1.41. The van der Waals surface area contributed by atoms with E-state index < -0.39 is 6.10 Å². The van der Waals surface area contributed by atoms with Crippen molar-refractivity contribution >= 4 is 34.2 Å². The van der Waals surface area contributed by atoms with Gasteiger partial charge in [-0.15, -0.1) is 12.4 Å². The van der Waals surface area contributed by atoms with Crippen LogP contribution in [0.1, 0.15) is 10.4 Å². The Morgan fingerprint density at radius 1 is 1.48 bits per heavy atom. The maximum atomic E-state index is 12.1. The maximum Gasteiger partial charge on any atom is 0.254 e. The first kappa shape index (κ1) is 17.9. The molecule has 23 heavy (non-hydrogen) atoms. The fourth-order valence-electron chi connectivity index (χ4n) is 2.45. The fraction of sp³-hybridized carbons (Fsp3) is 0.333. The summed E-state index contributed by atoms with van der Waals surface area (Å²) in [6, 6.07) is 7.69. The van der Waals surface area contributed by atoms with E-state index in [0.29, 0.717) is 18.7 Å². The molecule has 1 saturated heterocycles. The Balaban J connectivity index is 0.00000192. The van der Waals surface area contributed by atoms with Crippen molar-refractivity contribution in [3.05, 3.63) is 46.7 Å². The lowest BCUT2D eigenvalue weighted by Gasteiger charge is -2.13. The van der Waals surface area contributed by atoms with Crippen LogP contribution in [0.4, 0.5) is 0 Å². The zero-order valence-corrected chi connectivity index (χ0v) is 14.7. The summed E-state index contributed by atoms with van der Waals surface area (Å²) in [6.45, 7) is 1.76. The van der Waals surface area contributed by atoms with Crippen molar-refractivity contribution in [2.75, 3.05) is 19.6 Å². The average Bonchev–Trinajstić information content (AvgIpc) is 3.14. The molecule has 8 heteroatoms. The molecule has 3 N–H and O–H groups in total. The highest BCUT2D eigenvalue weighted by Gasteiger charge is 2.25. The predicted octanol–water partition coefficient (Wildman–Crippen LogP) is 1.37. The minimum absolute atomic E-state index is 0. The molecule has 1 aliphatic heterocycles. The standard InChI is InChI=1S/C15H17BrN4O2.ClH/c16-12-2-1-3-13(4-12)20-9-11(7-19-20)15(22)18-6-10-5-17-8-14(10)21;/h1-4,7,9-10,14,17,21H,5-6,8H2,(H,18,22);1H. The van der Waals surface area contributed by atoms with Crippen LogP contribution < -0.4 is 10.6 Å². The summed E-state index contributed by atoms with van der Waals surface area (Å²) in [6.07, 6.45) is 2.84. The number of halogens is 2. The Morgan fingerprint density at radius 3 is 3.00 bits per heavy atom. The summed E-state index contributed by atoms with van der Waals surface area (Å²) in [4.78, 5) is 12.1. The van der Waals surface area contributed by atoms with Crippen molar-refractivity contribution in [2.24, 2.45) is 5.92 Å². The molecule has 1 aromatic carbocycles. The third-order valence-corrected chi connectivity index (χ3v) is 4.24. The number of rotatable bonds is 4. The average molecular weight is 402 g/mol. The van der Waals surface area contributed by atoms with E-state index in [1.54, 1.807) is 17.1 Å². The number of aromatic nitrogens is 2. The molecule has 0 spiro atoms. The molecule has 0 bridgehead atoms. The van der Waals surface area contributed by atoms with E-state index in [-0.39, 0.29) is 24.2 Å². The second-order valence-electron chi connectivity index (χ2n) is 5.35. The van der Waals surface area contributed by atoms with Gasteiger partial charge in [-0.2, -0.15) is 5.10 Å². The topological polar surface area (TPSA) is 79.2 Å². The molecule has 2 aromatic rings. The van der Waals surface area contributed by atoms with Crippen LogP contribution in [0, 0.1) is 5.92 Å². The first-order chi connectivity index (χ1) is 10.6. The summed E-state index contributed by atoms with van der Waals surface area (Å²) in [7, 11) is 0. The number of carbonyl (C=O) groups is 1. The normalized spacial score (nSPS) is 20.1. The number of nitrogens with zero attached hydrogens (tertiary/aromatic N) is 2. The molecule has 0 aliphatic carbocycles. The zero-order chi connectivity index (χ0) is 15.5. The molecule has 1 fully saturated rings. The number of aliphatic hydroxyl groups excluding tert-OH is 1. The van der Waals surface area contributed by atoms with Gasteiger partial charge < -0.3 is 15.7 Å². The van der Waals surface area contributed by atoms with Gasteiger partial charge in [-0.25, -0.2) is 4.68 Å². The van der Waals surface area contributed by atoms with Crippen LogP contribution in [0.15, 0.2) is 41.1 Å². The Bertz CT molecular complexity index is 679. The molecule has 2 heterocycles. The number of benzene rings is 1. The van der Waals surface area contributed by atoms with Crippen molar-refractivity contribution in [1.82, 2.24) is 20.4 Å². The second kappa shape index (κ2) is 7.92. The number of hydrogen-bond acceptors (Lipinski definition) is 4. The van der Waals surface area contributed by atoms with Crippen LogP contribution in [-0.4, -0.2) is 46.5 Å². The van der Waals surface area contributed by atoms with Crippen molar-refractivity contribution < 1.29 is 9.90 Å². The lowest BCUT2D eigenvalue weighted by atomic mass is 10.1. The van der Waals surface area contributed by atoms with Crippen molar-refractivity contribution in [3.63, 3.8) is 0 Å². The molecular formula is C15H18BrClN4O2. The molecule has 6 nitrogen and oxygen atoms in total. The highest BCUT2D eigenvalue weighted by molar-refractivity contribution is 9.10. The highest BCUT2D eigenvalue weighted by atomic mass is 79.9. The third kappa shape index (κ3) is 4.32. The summed E-state index contributed by atoms with van der Waals surface area (Å²) < 4.78 is 2.61. The van der Waals surface area contributed by atoms with Crippen LogP contribution in [-0.2, 0) is 0 Å². The minimum atomic E-state index is -0.398. The monoisotopic (exact) mass is 400 g/mol. The smallest absolute Gasteiger partial charge is 0.254 e. The highest BCUT2D eigenvalue weighted by Crippen LogP contribution is 2.15. The minimum Gasteiger partial charge on any atom is -0.391 e. The van der Waals surface area contributed by atoms with E-state index in [0.717, 1.165) is 16.7 Å². The van der Waals surface area contributed by atoms with Crippen molar-refractivity contribution in [2.45, 2.75) is 6.10 Å². The number of aliphatic hydroxyl groups is 1. The van der Waals surface area contributed by atoms with Crippen LogP contribution in [0.25, 0.3) is 5.69 Å². The Kier molecular flexibility index (Phi) is 6.17. The van der Waals surface area contributed by atoms with Gasteiger partial charge in [0.2, 0.25) is 0 Å². The molecule has 1 aliphatic rings. The lowest BCUT2D eigenvalue weighted by molar-refractivity contribution is 0.0927. The van der Waals surface area contributed by atoms with Gasteiger partial charge in [0.25, 0.3) is 5.91 Å². The van der Waals surface area contributed by atoms with E-state index in [2.05, 4.69) is 31.7 Å². The van der Waals surface area contributed by atoms with Gasteiger partial charge in [0.15, 0.2) is 0 Å². The van der Waals surface area contributed by atoms with E-state index >= 15 is 0 Å². The lowest BCUT2D eigenvalue weighted by Crippen LogP contribution is -2.34. The van der Waals surface area contributed by atoms with Crippen LogP contribution in [0.2, 0.25) is 0 Å². The number of β-amino-alcohol motifs (C(OH)–C–C–N with tert-alkyl or cyclic N) is 1. The zero-order valence-electron chi connectivity index (χ0n) is 12.3. The van der Waals surface area contributed by atoms with Crippen molar-refractivity contribution in [1.29, 1.82) is 0 Å². The number of amides is 1. The van der Waals surface area contributed by atoms with Crippen LogP contribution >= 0.6 is 28.3 Å². The van der Waals surface area contributed by atoms with Gasteiger partial charge in [0.05, 0.1) is 23.6 Å². The maximum absolute atomic E-state index is 12.1. The molecule has 1 amide bonds. The van der Waals surface area contributed by atoms with E-state index in [4.69, 9.17) is 0 Å². The SMILES string of the molecule is Cl.O=C(NCC1CNCC1O)c1cnn(-c2cccc(Br)c2)c1. The van der Waals surface area contributed by atoms with E-state index in [1.165, 1.54) is 0 Å². The van der Waals surface area contributed by atoms with Gasteiger partial charge >= 0.3 is 0 Å². The molecule has 124 valence electrons. The number of nitrogens with one attached hydrogen (secondary N) is 2. The van der Waals surface area contributed by atoms with Gasteiger partial charge in [-0.1, -0.05) is 22.0 Å². The van der Waals surface area contributed by atoms with Gasteiger partial charge in [0.1, 0.15) is 0 Å². The first-order valence-electron chi connectivity index (χ1n) is 7.11. The molecule has 2 atom stereocenters. The van der Waals surface area contributed by atoms with E-state index in [9.17, 15) is 9.90 Å². The fourth-order valence-corrected chi connectivity index (χ4v) is 2.84. The number of carbonyl (C=O) groups excluding carboxylic acids is 1. The van der Waals surface area contributed by atoms with Gasteiger partial charge in [0, 0.05) is 36.2 Å². The van der Waals surface area contributed by atoms with Crippen LogP contribution in [0.5, 0.6) is 0 Å². The van der Waals surface area contributed by atoms with Crippen molar-refractivity contribution in [3.8, 4) is 5.69 Å².